The molecule has 0 bridgehead atoms. The van der Waals surface area contributed by atoms with Gasteiger partial charge in [0.2, 0.25) is 0 Å². The van der Waals surface area contributed by atoms with Crippen LogP contribution in [0.3, 0.4) is 0 Å². The zero-order valence-electron chi connectivity index (χ0n) is 15.1. The highest BCUT2D eigenvalue weighted by Gasteiger charge is 2.33. The summed E-state index contributed by atoms with van der Waals surface area (Å²) < 4.78 is 10.7. The molecule has 0 saturated carbocycles. The van der Waals surface area contributed by atoms with E-state index >= 15 is 0 Å². The molecule has 2 N–H and O–H groups in total. The van der Waals surface area contributed by atoms with Crippen molar-refractivity contribution < 1.29 is 19.1 Å². The van der Waals surface area contributed by atoms with Gasteiger partial charge in [-0.15, -0.1) is 0 Å². The second kappa shape index (κ2) is 7.72. The summed E-state index contributed by atoms with van der Waals surface area (Å²) in [4.78, 5) is 25.3. The number of methoxy groups -OCH3 is 2. The Morgan fingerprint density at radius 2 is 1.78 bits per heavy atom. The van der Waals surface area contributed by atoms with Gasteiger partial charge in [-0.3, -0.25) is 4.79 Å². The van der Waals surface area contributed by atoms with Crippen LogP contribution in [0.25, 0.3) is 0 Å². The molecule has 1 aliphatic heterocycles. The molecule has 0 aliphatic carbocycles. The highest BCUT2D eigenvalue weighted by atomic mass is 35.5. The number of benzene rings is 2. The first kappa shape index (κ1) is 18.8. The maximum absolute atomic E-state index is 13.2. The number of halogens is 1. The quantitative estimate of drug-likeness (QED) is 0.765. The van der Waals surface area contributed by atoms with E-state index in [9.17, 15) is 9.59 Å². The number of ketones is 1. The first-order valence-electron chi connectivity index (χ1n) is 8.25. The Balaban J connectivity index is 2.12. The monoisotopic (exact) mass is 386 g/mol. The number of amides is 2. The molecule has 2 aromatic rings. The van der Waals surface area contributed by atoms with Crippen LogP contribution in [0.4, 0.5) is 4.79 Å². The molecule has 2 amide bonds. The van der Waals surface area contributed by atoms with Crippen molar-refractivity contribution in [2.45, 2.75) is 13.0 Å². The number of hydrogen-bond donors (Lipinski definition) is 2. The van der Waals surface area contributed by atoms with Gasteiger partial charge in [0.1, 0.15) is 11.5 Å². The average Bonchev–Trinajstić information content (AvgIpc) is 2.67. The third-order valence-electron chi connectivity index (χ3n) is 4.37. The van der Waals surface area contributed by atoms with Crippen LogP contribution < -0.4 is 20.1 Å². The summed E-state index contributed by atoms with van der Waals surface area (Å²) in [5.41, 5.74) is 2.00. The van der Waals surface area contributed by atoms with Crippen molar-refractivity contribution in [2.24, 2.45) is 0 Å². The fourth-order valence-electron chi connectivity index (χ4n) is 3.05. The lowest BCUT2D eigenvalue weighted by molar-refractivity contribution is 0.102. The van der Waals surface area contributed by atoms with Gasteiger partial charge in [-0.1, -0.05) is 11.6 Å². The molecule has 3 rings (SSSR count). The van der Waals surface area contributed by atoms with Crippen LogP contribution >= 0.6 is 11.6 Å². The molecule has 1 heterocycles. The first-order chi connectivity index (χ1) is 12.9. The van der Waals surface area contributed by atoms with Crippen molar-refractivity contribution in [1.29, 1.82) is 0 Å². The summed E-state index contributed by atoms with van der Waals surface area (Å²) in [5, 5.41) is 6.02. The Morgan fingerprint density at radius 1 is 1.07 bits per heavy atom. The molecule has 27 heavy (non-hydrogen) atoms. The Bertz CT molecular complexity index is 922. The van der Waals surface area contributed by atoms with E-state index in [1.54, 1.807) is 56.5 Å². The number of carbonyl (C=O) groups excluding carboxylic acids is 2. The molecule has 2 aromatic carbocycles. The average molecular weight is 387 g/mol. The minimum atomic E-state index is -0.688. The van der Waals surface area contributed by atoms with Gasteiger partial charge >= 0.3 is 6.03 Å². The molecule has 1 aliphatic rings. The largest absolute Gasteiger partial charge is 0.497 e. The van der Waals surface area contributed by atoms with E-state index in [1.165, 1.54) is 7.11 Å². The molecule has 140 valence electrons. The lowest BCUT2D eigenvalue weighted by Gasteiger charge is -2.29. The predicted octanol–water partition coefficient (Wildman–Crippen LogP) is 3.87. The first-order valence-corrected chi connectivity index (χ1v) is 8.63. The fraction of sp³-hybridized carbons (Fsp3) is 0.200. The molecule has 0 unspecified atom stereocenters. The summed E-state index contributed by atoms with van der Waals surface area (Å²) in [6.07, 6.45) is 0. The molecule has 7 heteroatoms. The van der Waals surface area contributed by atoms with E-state index in [0.717, 1.165) is 0 Å². The van der Waals surface area contributed by atoms with Crippen molar-refractivity contribution in [3.05, 3.63) is 69.9 Å². The number of hydrogen-bond acceptors (Lipinski definition) is 4. The second-order valence-corrected chi connectivity index (χ2v) is 6.45. The summed E-state index contributed by atoms with van der Waals surface area (Å²) in [6, 6.07) is 10.8. The lowest BCUT2D eigenvalue weighted by Crippen LogP contribution is -2.45. The second-order valence-electron chi connectivity index (χ2n) is 6.01. The predicted molar refractivity (Wildman–Crippen MR) is 102 cm³/mol. The molecule has 1 atom stereocenters. The number of carbonyl (C=O) groups is 2. The number of ether oxygens (including phenoxy) is 2. The van der Waals surface area contributed by atoms with Gasteiger partial charge in [0, 0.05) is 27.4 Å². The number of rotatable bonds is 5. The number of urea groups is 1. The van der Waals surface area contributed by atoms with Crippen LogP contribution in [-0.4, -0.2) is 26.0 Å². The molecule has 0 radical (unpaired) electrons. The van der Waals surface area contributed by atoms with Crippen LogP contribution in [-0.2, 0) is 0 Å². The van der Waals surface area contributed by atoms with Gasteiger partial charge in [0.05, 0.1) is 20.3 Å². The number of Topliss-reactive ketones (excluding diaryl/α,β-unsaturated/α-hetero) is 1. The summed E-state index contributed by atoms with van der Waals surface area (Å²) in [5.74, 6) is 0.915. The van der Waals surface area contributed by atoms with E-state index in [4.69, 9.17) is 21.1 Å². The maximum Gasteiger partial charge on any atom is 0.319 e. The Morgan fingerprint density at radius 3 is 2.41 bits per heavy atom. The summed E-state index contributed by atoms with van der Waals surface area (Å²) in [6.45, 7) is 1.70. The lowest BCUT2D eigenvalue weighted by atomic mass is 9.89. The fourth-order valence-corrected chi connectivity index (χ4v) is 3.18. The minimum absolute atomic E-state index is 0.216. The third kappa shape index (κ3) is 3.75. The van der Waals surface area contributed by atoms with E-state index in [1.807, 2.05) is 0 Å². The molecular formula is C20H19ClN2O4. The third-order valence-corrected chi connectivity index (χ3v) is 4.62. The smallest absolute Gasteiger partial charge is 0.319 e. The van der Waals surface area contributed by atoms with Crippen LogP contribution in [0.1, 0.15) is 28.9 Å². The normalized spacial score (nSPS) is 16.4. The minimum Gasteiger partial charge on any atom is -0.497 e. The molecule has 0 aromatic heterocycles. The van der Waals surface area contributed by atoms with Crippen LogP contribution in [0, 0.1) is 0 Å². The van der Waals surface area contributed by atoms with E-state index in [-0.39, 0.29) is 5.78 Å². The number of allylic oxidation sites excluding steroid dienone is 1. The highest BCUT2D eigenvalue weighted by Crippen LogP contribution is 2.36. The SMILES string of the molecule is COc1ccc(OC)c([C@@H]2NC(=O)NC(C)=C2C(=O)c2ccc(Cl)cc2)c1. The van der Waals surface area contributed by atoms with Gasteiger partial charge in [0.15, 0.2) is 5.78 Å². The van der Waals surface area contributed by atoms with Crippen molar-refractivity contribution >= 4 is 23.4 Å². The van der Waals surface area contributed by atoms with E-state index < -0.39 is 12.1 Å². The van der Waals surface area contributed by atoms with Gasteiger partial charge in [0.25, 0.3) is 0 Å². The molecular weight excluding hydrogens is 368 g/mol. The van der Waals surface area contributed by atoms with E-state index in [2.05, 4.69) is 10.6 Å². The van der Waals surface area contributed by atoms with Crippen LogP contribution in [0.15, 0.2) is 53.7 Å². The maximum atomic E-state index is 13.2. The van der Waals surface area contributed by atoms with Gasteiger partial charge in [-0.2, -0.15) is 0 Å². The van der Waals surface area contributed by atoms with Gasteiger partial charge < -0.3 is 20.1 Å². The van der Waals surface area contributed by atoms with Crippen LogP contribution in [0.5, 0.6) is 11.5 Å². The Labute approximate surface area is 162 Å². The molecule has 0 fully saturated rings. The van der Waals surface area contributed by atoms with Crippen molar-refractivity contribution in [2.75, 3.05) is 14.2 Å². The van der Waals surface area contributed by atoms with Gasteiger partial charge in [-0.25, -0.2) is 4.79 Å². The standard InChI is InChI=1S/C20H19ClN2O4/c1-11-17(19(24)12-4-6-13(21)7-5-12)18(23-20(25)22-11)15-10-14(26-2)8-9-16(15)27-3/h4-10,18H,1-3H3,(H2,22,23,25)/t18-/m0/s1. The van der Waals surface area contributed by atoms with Crippen LogP contribution in [0.2, 0.25) is 5.02 Å². The topological polar surface area (TPSA) is 76.7 Å². The molecule has 6 nitrogen and oxygen atoms in total. The summed E-state index contributed by atoms with van der Waals surface area (Å²) >= 11 is 5.92. The highest BCUT2D eigenvalue weighted by molar-refractivity contribution is 6.30. The van der Waals surface area contributed by atoms with Crippen molar-refractivity contribution in [3.8, 4) is 11.5 Å². The molecule has 0 spiro atoms. The van der Waals surface area contributed by atoms with Crippen molar-refractivity contribution in [3.63, 3.8) is 0 Å². The zero-order valence-corrected chi connectivity index (χ0v) is 15.9. The summed E-state index contributed by atoms with van der Waals surface area (Å²) in [7, 11) is 3.08. The number of nitrogens with one attached hydrogen (secondary N) is 2. The van der Waals surface area contributed by atoms with E-state index in [0.29, 0.717) is 38.9 Å². The molecule has 0 saturated heterocycles. The zero-order chi connectivity index (χ0) is 19.6. The Hall–Kier alpha value is -2.99. The van der Waals surface area contributed by atoms with Gasteiger partial charge in [-0.05, 0) is 49.4 Å². The van der Waals surface area contributed by atoms with Crippen molar-refractivity contribution in [1.82, 2.24) is 10.6 Å². The Kier molecular flexibility index (Phi) is 5.37.